The van der Waals surface area contributed by atoms with Crippen molar-refractivity contribution in [3.63, 3.8) is 0 Å². The van der Waals surface area contributed by atoms with Crippen LogP contribution in [-0.4, -0.2) is 5.16 Å². The molecule has 0 aromatic rings. The molecule has 0 spiro atoms. The molecule has 0 aromatic heterocycles. The van der Waals surface area contributed by atoms with Gasteiger partial charge in [0.1, 0.15) is 5.40 Å². The van der Waals surface area contributed by atoms with Crippen molar-refractivity contribution in [3.05, 3.63) is 5.41 Å². The van der Waals surface area contributed by atoms with E-state index in [0.29, 0.717) is 0 Å². The molecule has 0 radical (unpaired) electrons. The third kappa shape index (κ3) is 1560. The molecule has 3 N–H and O–H groups in total. The first-order valence-electron chi connectivity index (χ1n) is 0.875. The van der Waals surface area contributed by atoms with Crippen LogP contribution in [0.25, 0.3) is 5.41 Å². The normalized spacial score (nSPS) is 2.00. The summed E-state index contributed by atoms with van der Waals surface area (Å²) in [5.41, 5.74) is 0. The van der Waals surface area contributed by atoms with Crippen LogP contribution < -0.4 is 6.15 Å². The van der Waals surface area contributed by atoms with Crippen LogP contribution in [0.4, 0.5) is 0 Å². The first-order valence-corrected chi connectivity index (χ1v) is 1.73. The summed E-state index contributed by atoms with van der Waals surface area (Å²) in [5, 5.41) is 17.1. The number of nitriles is 1. The Balaban J connectivity index is -0.0000000160. The van der Waals surface area contributed by atoms with E-state index in [1.165, 1.54) is 10.6 Å². The summed E-state index contributed by atoms with van der Waals surface area (Å²) in [7, 11) is 0. The van der Waals surface area contributed by atoms with Crippen LogP contribution in [0.1, 0.15) is 0 Å². The van der Waals surface area contributed by atoms with Crippen molar-refractivity contribution in [2.75, 3.05) is 0 Å². The van der Waals surface area contributed by atoms with E-state index >= 15 is 0 Å². The minimum atomic E-state index is 0. The van der Waals surface area contributed by atoms with E-state index in [1.807, 2.05) is 0 Å². The predicted molar refractivity (Wildman–Crippen MR) is 35.6 cm³/mol. The smallest absolute Gasteiger partial charge is 0.753 e. The molecule has 0 aromatic carbocycles. The molecule has 0 aliphatic heterocycles. The maximum absolute atomic E-state index is 7.18. The Kier molecular flexibility index (Phi) is 161. The fourth-order valence-electron chi connectivity index (χ4n) is 0. The van der Waals surface area contributed by atoms with Crippen LogP contribution in [0, 0.1) is 10.7 Å². The topological polar surface area (TPSA) is 81.1 Å². The van der Waals surface area contributed by atoms with Gasteiger partial charge < -0.3 is 11.6 Å². The van der Waals surface area contributed by atoms with E-state index in [4.69, 9.17) is 10.7 Å². The maximum Gasteiger partial charge on any atom is 1.00 e. The number of thiol groups is 1. The Morgan fingerprint density at radius 3 is 1.62 bits per heavy atom. The molecule has 3 nitrogen and oxygen atoms in total. The van der Waals surface area contributed by atoms with Gasteiger partial charge in [0.05, 0.1) is 0 Å². The molecule has 0 saturated heterocycles. The third-order valence-electron chi connectivity index (χ3n) is 0. The van der Waals surface area contributed by atoms with Crippen LogP contribution in [0.15, 0.2) is 0 Å². The summed E-state index contributed by atoms with van der Waals surface area (Å²) in [6, 6.07) is 0. The molecule has 0 atom stereocenters. The van der Waals surface area contributed by atoms with Crippen molar-refractivity contribution in [2.24, 2.45) is 0 Å². The van der Waals surface area contributed by atoms with E-state index in [-0.39, 0.29) is 28.5 Å². The average molecular weight is 242 g/mol. The summed E-state index contributed by atoms with van der Waals surface area (Å²) in [4.78, 5) is 0. The van der Waals surface area contributed by atoms with E-state index in [1.54, 1.807) is 0 Å². The first-order chi connectivity index (χ1) is 2.83. The van der Waals surface area contributed by atoms with Crippen molar-refractivity contribution in [1.82, 2.24) is 6.15 Å². The Morgan fingerprint density at radius 2 is 1.62 bits per heavy atom. The maximum atomic E-state index is 7.18. The number of isothiocyanates is 1. The third-order valence-corrected chi connectivity index (χ3v) is 0. The van der Waals surface area contributed by atoms with Crippen LogP contribution in [0.2, 0.25) is 0 Å². The SMILES string of the molecule is N.N#CS.[Ag+].[N-]=C=S. The Hall–Kier alpha value is 0.340. The average Bonchev–Trinajstić information content (AvgIpc) is 1.39. The van der Waals surface area contributed by atoms with Gasteiger partial charge in [0.2, 0.25) is 0 Å². The van der Waals surface area contributed by atoms with Gasteiger partial charge in [-0.2, -0.15) is 10.4 Å². The molecule has 0 heterocycles. The molecule has 0 aliphatic carbocycles. The van der Waals surface area contributed by atoms with Crippen LogP contribution >= 0.6 is 24.8 Å². The molecular weight excluding hydrogens is 238 g/mol. The molecule has 50 valence electrons. The summed E-state index contributed by atoms with van der Waals surface area (Å²) in [5.74, 6) is 0. The number of rotatable bonds is 0. The van der Waals surface area contributed by atoms with Crippen LogP contribution in [-0.2, 0) is 22.4 Å². The zero-order valence-corrected chi connectivity index (χ0v) is 6.95. The number of nitrogens with zero attached hydrogens (tertiary/aromatic N) is 2. The Morgan fingerprint density at radius 1 is 1.62 bits per heavy atom. The van der Waals surface area contributed by atoms with Gasteiger partial charge in [-0.05, 0) is 0 Å². The van der Waals surface area contributed by atoms with Crippen molar-refractivity contribution >= 4 is 30.0 Å². The molecule has 0 bridgehead atoms. The molecule has 8 heavy (non-hydrogen) atoms. The molecule has 0 saturated carbocycles. The first kappa shape index (κ1) is 23.9. The van der Waals surface area contributed by atoms with Crippen molar-refractivity contribution < 1.29 is 22.4 Å². The van der Waals surface area contributed by atoms with Crippen LogP contribution in [0.3, 0.4) is 0 Å². The number of thiocarbonyl (C=S) groups is 1. The number of thiocyanates is 1. The zero-order valence-electron chi connectivity index (χ0n) is 3.76. The minimum Gasteiger partial charge on any atom is -0.753 e. The van der Waals surface area contributed by atoms with Gasteiger partial charge in [0.25, 0.3) is 0 Å². The van der Waals surface area contributed by atoms with E-state index in [2.05, 4.69) is 24.8 Å². The number of hydrogen-bond donors (Lipinski definition) is 2. The van der Waals surface area contributed by atoms with E-state index < -0.39 is 0 Å². The fourth-order valence-corrected chi connectivity index (χ4v) is 0. The monoisotopic (exact) mass is 241 g/mol. The molecule has 6 heteroatoms. The van der Waals surface area contributed by atoms with Crippen molar-refractivity contribution in [3.8, 4) is 5.40 Å². The second-order valence-electron chi connectivity index (χ2n) is 0.191. The second-order valence-corrected chi connectivity index (χ2v) is 0.574. The van der Waals surface area contributed by atoms with E-state index in [0.717, 1.165) is 0 Å². The molecule has 0 unspecified atom stereocenters. The molecule has 0 rings (SSSR count). The molecule has 0 aliphatic rings. The summed E-state index contributed by atoms with van der Waals surface area (Å²) in [6.07, 6.45) is 0. The second kappa shape index (κ2) is 53.9. The number of hydrogen-bond acceptors (Lipinski definition) is 4. The Bertz CT molecular complexity index is 81.8. The van der Waals surface area contributed by atoms with Gasteiger partial charge in [-0.3, -0.25) is 0 Å². The minimum absolute atomic E-state index is 0. The summed E-state index contributed by atoms with van der Waals surface area (Å²) >= 11 is 6.79. The van der Waals surface area contributed by atoms with Crippen molar-refractivity contribution in [1.29, 1.82) is 5.26 Å². The molecule has 0 fully saturated rings. The van der Waals surface area contributed by atoms with Gasteiger partial charge >= 0.3 is 22.4 Å². The van der Waals surface area contributed by atoms with Gasteiger partial charge in [0.15, 0.2) is 0 Å². The predicted octanol–water partition coefficient (Wildman–Crippen LogP) is 1.22. The largest absolute Gasteiger partial charge is 1.00 e. The summed E-state index contributed by atoms with van der Waals surface area (Å²) in [6.45, 7) is 0. The summed E-state index contributed by atoms with van der Waals surface area (Å²) < 4.78 is 0. The van der Waals surface area contributed by atoms with Gasteiger partial charge in [-0.25, -0.2) is 0 Å². The van der Waals surface area contributed by atoms with Gasteiger partial charge in [-0.1, -0.05) is 24.8 Å². The quantitative estimate of drug-likeness (QED) is 0.220. The van der Waals surface area contributed by atoms with Crippen molar-refractivity contribution in [2.45, 2.75) is 0 Å². The van der Waals surface area contributed by atoms with Gasteiger partial charge in [0, 0.05) is 0 Å². The standard InChI is InChI=1S/CHNS.CNS.Ag.H3N/c2*2-1-3;;/h3H;;;1H3/q;-1;+1;. The van der Waals surface area contributed by atoms with Gasteiger partial charge in [-0.15, -0.1) is 0 Å². The molecule has 0 amide bonds. The van der Waals surface area contributed by atoms with E-state index in [9.17, 15) is 0 Å². The fraction of sp³-hybridized carbons (Fsp3) is 0. The Labute approximate surface area is 74.5 Å². The van der Waals surface area contributed by atoms with Crippen LogP contribution in [0.5, 0.6) is 0 Å². The zero-order chi connectivity index (χ0) is 5.41. The molecular formula is C2H4AgN3S2.